The predicted molar refractivity (Wildman–Crippen MR) is 147 cm³/mol. The minimum Gasteiger partial charge on any atom is -0.490 e. The maximum atomic E-state index is 12.8. The van der Waals surface area contributed by atoms with Gasteiger partial charge in [0.05, 0.1) is 16.7 Å². The molecule has 2 aliphatic rings. The Bertz CT molecular complexity index is 1220. The van der Waals surface area contributed by atoms with Crippen LogP contribution < -0.4 is 15.0 Å². The average Bonchev–Trinajstić information content (AvgIpc) is 2.92. The molecule has 208 valence electrons. The van der Waals surface area contributed by atoms with E-state index < -0.39 is 5.60 Å². The summed E-state index contributed by atoms with van der Waals surface area (Å²) < 4.78 is 11.6. The molecule has 1 saturated carbocycles. The molecule has 1 aliphatic heterocycles. The molecule has 11 heteroatoms. The number of amides is 2. The van der Waals surface area contributed by atoms with E-state index in [4.69, 9.17) is 26.3 Å². The molecule has 10 nitrogen and oxygen atoms in total. The second-order valence-electron chi connectivity index (χ2n) is 11.0. The third kappa shape index (κ3) is 7.30. The fourth-order valence-electron chi connectivity index (χ4n) is 4.70. The first-order chi connectivity index (χ1) is 18.5. The Kier molecular flexibility index (Phi) is 8.80. The summed E-state index contributed by atoms with van der Waals surface area (Å²) in [5.41, 5.74) is 0.943. The number of halogens is 1. The molecule has 39 heavy (non-hydrogen) atoms. The molecule has 1 aromatic heterocycles. The number of benzene rings is 1. The number of nitriles is 1. The summed E-state index contributed by atoms with van der Waals surface area (Å²) >= 11 is 6.26. The van der Waals surface area contributed by atoms with E-state index in [1.165, 1.54) is 0 Å². The summed E-state index contributed by atoms with van der Waals surface area (Å²) in [6.07, 6.45) is 2.87. The van der Waals surface area contributed by atoms with Gasteiger partial charge in [0.2, 0.25) is 0 Å². The maximum Gasteiger partial charge on any atom is 0.410 e. The molecular formula is C28H35ClN6O4. The fraction of sp³-hybridized carbons (Fsp3) is 0.536. The zero-order valence-electron chi connectivity index (χ0n) is 22.9. The summed E-state index contributed by atoms with van der Waals surface area (Å²) in [7, 11) is 0. The second kappa shape index (κ2) is 12.1. The van der Waals surface area contributed by atoms with Gasteiger partial charge in [-0.3, -0.25) is 4.79 Å². The molecule has 0 atom stereocenters. The van der Waals surface area contributed by atoms with Crippen molar-refractivity contribution in [3.05, 3.63) is 46.1 Å². The SMILES string of the molecule is Cc1c(OC2CCC(NC(=O)c3ccc(N4CCN(C(=O)OC(C)(C)C)CC4)nn3)CC2)ccc(C#N)c1Cl. The van der Waals surface area contributed by atoms with Gasteiger partial charge in [-0.15, -0.1) is 10.2 Å². The molecule has 0 radical (unpaired) electrons. The minimum atomic E-state index is -0.525. The Morgan fingerprint density at radius 1 is 1.05 bits per heavy atom. The summed E-state index contributed by atoms with van der Waals surface area (Å²) in [5.74, 6) is 1.11. The highest BCUT2D eigenvalue weighted by atomic mass is 35.5. The van der Waals surface area contributed by atoms with Gasteiger partial charge < -0.3 is 24.6 Å². The predicted octanol–water partition coefficient (Wildman–Crippen LogP) is 4.49. The number of aromatic nitrogens is 2. The van der Waals surface area contributed by atoms with Crippen molar-refractivity contribution >= 4 is 29.4 Å². The van der Waals surface area contributed by atoms with E-state index in [9.17, 15) is 9.59 Å². The second-order valence-corrected chi connectivity index (χ2v) is 11.3. The largest absolute Gasteiger partial charge is 0.490 e. The van der Waals surface area contributed by atoms with E-state index in [2.05, 4.69) is 21.6 Å². The topological polar surface area (TPSA) is 121 Å². The van der Waals surface area contributed by atoms with Crippen molar-refractivity contribution in [1.29, 1.82) is 5.26 Å². The van der Waals surface area contributed by atoms with Crippen LogP contribution in [0.25, 0.3) is 0 Å². The lowest BCUT2D eigenvalue weighted by molar-refractivity contribution is 0.0240. The molecule has 2 heterocycles. The molecule has 2 aromatic rings. The molecule has 1 aliphatic carbocycles. The van der Waals surface area contributed by atoms with E-state index in [1.807, 2.05) is 32.6 Å². The van der Waals surface area contributed by atoms with E-state index in [1.54, 1.807) is 29.2 Å². The van der Waals surface area contributed by atoms with Crippen molar-refractivity contribution in [3.63, 3.8) is 0 Å². The zero-order valence-corrected chi connectivity index (χ0v) is 23.6. The van der Waals surface area contributed by atoms with Gasteiger partial charge in [-0.25, -0.2) is 4.79 Å². The van der Waals surface area contributed by atoms with Crippen LogP contribution in [0.1, 0.15) is 68.1 Å². The number of carbonyl (C=O) groups is 2. The number of rotatable bonds is 5. The van der Waals surface area contributed by atoms with Gasteiger partial charge in [0.1, 0.15) is 17.4 Å². The van der Waals surface area contributed by atoms with Crippen molar-refractivity contribution in [2.45, 2.75) is 71.1 Å². The zero-order chi connectivity index (χ0) is 28.2. The van der Waals surface area contributed by atoms with Crippen molar-refractivity contribution in [2.75, 3.05) is 31.1 Å². The minimum absolute atomic E-state index is 0.0238. The Balaban J connectivity index is 1.23. The third-order valence-corrected chi connectivity index (χ3v) is 7.39. The molecule has 2 fully saturated rings. The van der Waals surface area contributed by atoms with E-state index >= 15 is 0 Å². The third-order valence-electron chi connectivity index (χ3n) is 6.90. The van der Waals surface area contributed by atoms with E-state index in [0.717, 1.165) is 31.2 Å². The van der Waals surface area contributed by atoms with Crippen molar-refractivity contribution < 1.29 is 19.1 Å². The number of hydrogen-bond acceptors (Lipinski definition) is 8. The number of nitrogens with zero attached hydrogens (tertiary/aromatic N) is 5. The number of ether oxygens (including phenoxy) is 2. The van der Waals surface area contributed by atoms with Crippen LogP contribution >= 0.6 is 11.6 Å². The van der Waals surface area contributed by atoms with Crippen molar-refractivity contribution in [3.8, 4) is 11.8 Å². The number of hydrogen-bond donors (Lipinski definition) is 1. The van der Waals surface area contributed by atoms with E-state index in [-0.39, 0.29) is 29.8 Å². The van der Waals surface area contributed by atoms with Gasteiger partial charge >= 0.3 is 6.09 Å². The monoisotopic (exact) mass is 554 g/mol. The number of anilines is 1. The lowest BCUT2D eigenvalue weighted by atomic mass is 9.92. The normalized spacial score (nSPS) is 19.7. The maximum absolute atomic E-state index is 12.8. The molecule has 0 spiro atoms. The van der Waals surface area contributed by atoms with Crippen molar-refractivity contribution in [2.24, 2.45) is 0 Å². The molecule has 0 unspecified atom stereocenters. The molecule has 1 saturated heterocycles. The lowest BCUT2D eigenvalue weighted by Crippen LogP contribution is -2.50. The van der Waals surface area contributed by atoms with Crippen LogP contribution in [0.15, 0.2) is 24.3 Å². The van der Waals surface area contributed by atoms with Gasteiger partial charge in [0.25, 0.3) is 5.91 Å². The van der Waals surface area contributed by atoms with Crippen molar-refractivity contribution in [1.82, 2.24) is 20.4 Å². The van der Waals surface area contributed by atoms with Gasteiger partial charge in [-0.2, -0.15) is 5.26 Å². The van der Waals surface area contributed by atoms with E-state index in [0.29, 0.717) is 48.3 Å². The standard InChI is InChI=1S/C28H35ClN6O4/c1-18-23(11-5-19(17-30)25(18)29)38-21-8-6-20(7-9-21)31-26(36)22-10-12-24(33-32-22)34-13-15-35(16-14-34)27(37)39-28(2,3)4/h5,10-12,20-21H,6-9,13-16H2,1-4H3,(H,31,36). The van der Waals surface area contributed by atoms with Crippen LogP contribution in [0.2, 0.25) is 5.02 Å². The van der Waals surface area contributed by atoms with Crippen LogP contribution in [0.5, 0.6) is 5.75 Å². The average molecular weight is 555 g/mol. The summed E-state index contributed by atoms with van der Waals surface area (Å²) in [6.45, 7) is 9.69. The van der Waals surface area contributed by atoms with Gasteiger partial charge in [0.15, 0.2) is 11.5 Å². The van der Waals surface area contributed by atoms with Crippen LogP contribution in [0.4, 0.5) is 10.6 Å². The highest BCUT2D eigenvalue weighted by molar-refractivity contribution is 6.32. The first kappa shape index (κ1) is 28.4. The van der Waals surface area contributed by atoms with Gasteiger partial charge in [0, 0.05) is 37.8 Å². The van der Waals surface area contributed by atoms with Gasteiger partial charge in [-0.05, 0) is 77.6 Å². The van der Waals surface area contributed by atoms with Crippen LogP contribution in [0, 0.1) is 18.3 Å². The van der Waals surface area contributed by atoms with Gasteiger partial charge in [-0.1, -0.05) is 11.6 Å². The van der Waals surface area contributed by atoms with Crippen LogP contribution in [0.3, 0.4) is 0 Å². The highest BCUT2D eigenvalue weighted by Crippen LogP contribution is 2.32. The highest BCUT2D eigenvalue weighted by Gasteiger charge is 2.28. The Labute approximate surface area is 234 Å². The number of carbonyl (C=O) groups excluding carboxylic acids is 2. The Morgan fingerprint density at radius 3 is 2.33 bits per heavy atom. The first-order valence-corrected chi connectivity index (χ1v) is 13.6. The molecular weight excluding hydrogens is 520 g/mol. The molecule has 1 N–H and O–H groups in total. The number of piperazine rings is 1. The van der Waals surface area contributed by atoms with Crippen LogP contribution in [-0.4, -0.2) is 71.0 Å². The first-order valence-electron chi connectivity index (χ1n) is 13.3. The van der Waals surface area contributed by atoms with Crippen LogP contribution in [-0.2, 0) is 4.74 Å². The quantitative estimate of drug-likeness (QED) is 0.574. The number of nitrogens with one attached hydrogen (secondary N) is 1. The Hall–Kier alpha value is -3.58. The summed E-state index contributed by atoms with van der Waals surface area (Å²) in [6, 6.07) is 9.05. The molecule has 0 bridgehead atoms. The Morgan fingerprint density at radius 2 is 1.74 bits per heavy atom. The molecule has 2 amide bonds. The smallest absolute Gasteiger partial charge is 0.410 e. The summed E-state index contributed by atoms with van der Waals surface area (Å²) in [5, 5.41) is 21.0. The molecule has 4 rings (SSSR count). The lowest BCUT2D eigenvalue weighted by Gasteiger charge is -2.35. The fourth-order valence-corrected chi connectivity index (χ4v) is 4.90. The molecule has 1 aromatic carbocycles. The summed E-state index contributed by atoms with van der Waals surface area (Å²) in [4.78, 5) is 28.8.